The van der Waals surface area contributed by atoms with Gasteiger partial charge in [0.25, 0.3) is 0 Å². The number of aliphatic hydroxyl groups excluding tert-OH is 1. The second-order valence-electron chi connectivity index (χ2n) is 5.18. The Balaban J connectivity index is 1.85. The van der Waals surface area contributed by atoms with E-state index in [9.17, 15) is 5.11 Å². The standard InChI is InChI=1S/C15H13ClN2OS/c16-11-5-3-9(4-6-11)14(19)13-15(10-1-2-10)20-12-7-17-8-18(12)13/h3-8,10,14,19H,1-2H2. The van der Waals surface area contributed by atoms with Crippen molar-refractivity contribution in [3.8, 4) is 0 Å². The zero-order chi connectivity index (χ0) is 13.7. The van der Waals surface area contributed by atoms with Crippen LogP contribution < -0.4 is 0 Å². The van der Waals surface area contributed by atoms with Gasteiger partial charge in [-0.1, -0.05) is 23.7 Å². The second-order valence-corrected chi connectivity index (χ2v) is 6.68. The molecule has 4 rings (SSSR count). The van der Waals surface area contributed by atoms with Gasteiger partial charge in [-0.3, -0.25) is 4.40 Å². The first-order chi connectivity index (χ1) is 9.74. The van der Waals surface area contributed by atoms with E-state index in [1.54, 1.807) is 17.7 Å². The van der Waals surface area contributed by atoms with Crippen molar-refractivity contribution in [2.45, 2.75) is 24.9 Å². The van der Waals surface area contributed by atoms with Gasteiger partial charge in [0.05, 0.1) is 11.9 Å². The molecule has 1 atom stereocenters. The predicted molar refractivity (Wildman–Crippen MR) is 80.6 cm³/mol. The monoisotopic (exact) mass is 304 g/mol. The van der Waals surface area contributed by atoms with Crippen LogP contribution in [-0.2, 0) is 0 Å². The topological polar surface area (TPSA) is 37.5 Å². The van der Waals surface area contributed by atoms with Crippen molar-refractivity contribution < 1.29 is 5.11 Å². The molecular weight excluding hydrogens is 292 g/mol. The fraction of sp³-hybridized carbons (Fsp3) is 0.267. The number of fused-ring (bicyclic) bond motifs is 1. The number of hydrogen-bond acceptors (Lipinski definition) is 3. The molecular formula is C15H13ClN2OS. The molecule has 1 unspecified atom stereocenters. The number of hydrogen-bond donors (Lipinski definition) is 1. The van der Waals surface area contributed by atoms with E-state index in [0.29, 0.717) is 10.9 Å². The van der Waals surface area contributed by atoms with Crippen LogP contribution in [-0.4, -0.2) is 14.5 Å². The molecule has 0 aliphatic heterocycles. The van der Waals surface area contributed by atoms with Gasteiger partial charge in [0.2, 0.25) is 0 Å². The van der Waals surface area contributed by atoms with Gasteiger partial charge in [0.1, 0.15) is 17.3 Å². The van der Waals surface area contributed by atoms with Crippen LogP contribution in [0.5, 0.6) is 0 Å². The molecule has 2 heterocycles. The van der Waals surface area contributed by atoms with E-state index in [1.807, 2.05) is 34.9 Å². The van der Waals surface area contributed by atoms with E-state index in [2.05, 4.69) is 4.98 Å². The highest BCUT2D eigenvalue weighted by Crippen LogP contribution is 2.47. The molecule has 1 aromatic carbocycles. The van der Waals surface area contributed by atoms with Gasteiger partial charge in [0, 0.05) is 9.90 Å². The molecule has 0 spiro atoms. The summed E-state index contributed by atoms with van der Waals surface area (Å²) in [4.78, 5) is 6.56. The van der Waals surface area contributed by atoms with Gasteiger partial charge in [-0.2, -0.15) is 0 Å². The van der Waals surface area contributed by atoms with Crippen LogP contribution in [0.1, 0.15) is 41.0 Å². The summed E-state index contributed by atoms with van der Waals surface area (Å²) in [7, 11) is 0. The maximum atomic E-state index is 10.8. The van der Waals surface area contributed by atoms with E-state index >= 15 is 0 Å². The summed E-state index contributed by atoms with van der Waals surface area (Å²) in [5.74, 6) is 0.608. The molecule has 0 bridgehead atoms. The molecule has 20 heavy (non-hydrogen) atoms. The summed E-state index contributed by atoms with van der Waals surface area (Å²) in [5, 5.41) is 11.4. The highest BCUT2D eigenvalue weighted by atomic mass is 35.5. The van der Waals surface area contributed by atoms with E-state index < -0.39 is 6.10 Å². The van der Waals surface area contributed by atoms with E-state index in [4.69, 9.17) is 11.6 Å². The second kappa shape index (κ2) is 4.58. The maximum absolute atomic E-state index is 10.8. The fourth-order valence-corrected chi connectivity index (χ4v) is 3.96. The Hall–Kier alpha value is -1.36. The number of rotatable bonds is 3. The molecule has 1 aliphatic carbocycles. The van der Waals surface area contributed by atoms with Crippen molar-refractivity contribution in [1.29, 1.82) is 0 Å². The lowest BCUT2D eigenvalue weighted by Gasteiger charge is -2.13. The van der Waals surface area contributed by atoms with Crippen LogP contribution in [0.15, 0.2) is 36.8 Å². The van der Waals surface area contributed by atoms with Gasteiger partial charge >= 0.3 is 0 Å². The summed E-state index contributed by atoms with van der Waals surface area (Å²) in [6.45, 7) is 0. The van der Waals surface area contributed by atoms with Crippen LogP contribution in [0.2, 0.25) is 5.02 Å². The number of nitrogens with zero attached hydrogens (tertiary/aromatic N) is 2. The summed E-state index contributed by atoms with van der Waals surface area (Å²) in [6, 6.07) is 7.39. The molecule has 1 fully saturated rings. The fourth-order valence-electron chi connectivity index (χ4n) is 2.53. The van der Waals surface area contributed by atoms with Crippen LogP contribution in [0, 0.1) is 0 Å². The minimum absolute atomic E-state index is 0.608. The average molecular weight is 305 g/mol. The smallest absolute Gasteiger partial charge is 0.120 e. The average Bonchev–Trinajstić information content (AvgIpc) is 3.08. The molecule has 102 valence electrons. The zero-order valence-corrected chi connectivity index (χ0v) is 12.2. The van der Waals surface area contributed by atoms with Gasteiger partial charge in [-0.15, -0.1) is 11.3 Å². The van der Waals surface area contributed by atoms with Crippen LogP contribution in [0.25, 0.3) is 4.83 Å². The van der Waals surface area contributed by atoms with Gasteiger partial charge in [-0.05, 0) is 36.5 Å². The predicted octanol–water partition coefficient (Wildman–Crippen LogP) is 4.01. The third kappa shape index (κ3) is 1.95. The molecule has 3 aromatic rings. The number of halogens is 1. The molecule has 1 aliphatic rings. The number of benzene rings is 1. The first-order valence-electron chi connectivity index (χ1n) is 6.62. The largest absolute Gasteiger partial charge is 0.382 e. The van der Waals surface area contributed by atoms with Gasteiger partial charge in [-0.25, -0.2) is 4.98 Å². The number of aliphatic hydroxyl groups is 1. The molecule has 0 amide bonds. The first-order valence-corrected chi connectivity index (χ1v) is 7.81. The van der Waals surface area contributed by atoms with Crippen molar-refractivity contribution in [1.82, 2.24) is 9.38 Å². The van der Waals surface area contributed by atoms with Crippen LogP contribution >= 0.6 is 22.9 Å². The highest BCUT2D eigenvalue weighted by Gasteiger charge is 2.32. The minimum atomic E-state index is -0.634. The minimum Gasteiger partial charge on any atom is -0.382 e. The van der Waals surface area contributed by atoms with E-state index in [-0.39, 0.29) is 0 Å². The van der Waals surface area contributed by atoms with Crippen molar-refractivity contribution in [3.63, 3.8) is 0 Å². The Bertz CT molecular complexity index is 758. The van der Waals surface area contributed by atoms with Gasteiger partial charge < -0.3 is 5.11 Å². The molecule has 1 saturated carbocycles. The zero-order valence-electron chi connectivity index (χ0n) is 10.7. The Kier molecular flexibility index (Phi) is 2.84. The molecule has 0 radical (unpaired) electrons. The number of aromatic nitrogens is 2. The molecule has 0 saturated heterocycles. The summed E-state index contributed by atoms with van der Waals surface area (Å²) in [5.41, 5.74) is 1.83. The third-order valence-electron chi connectivity index (χ3n) is 3.72. The maximum Gasteiger partial charge on any atom is 0.120 e. The van der Waals surface area contributed by atoms with Crippen molar-refractivity contribution in [2.24, 2.45) is 0 Å². The lowest BCUT2D eigenvalue weighted by atomic mass is 10.0. The first kappa shape index (κ1) is 12.4. The van der Waals surface area contributed by atoms with Gasteiger partial charge in [0.15, 0.2) is 0 Å². The lowest BCUT2D eigenvalue weighted by Crippen LogP contribution is -2.05. The Morgan fingerprint density at radius 1 is 1.30 bits per heavy atom. The molecule has 1 N–H and O–H groups in total. The Labute approximate surface area is 125 Å². The molecule has 2 aromatic heterocycles. The quantitative estimate of drug-likeness (QED) is 0.794. The molecule has 5 heteroatoms. The Morgan fingerprint density at radius 3 is 2.75 bits per heavy atom. The van der Waals surface area contributed by atoms with Crippen molar-refractivity contribution in [2.75, 3.05) is 0 Å². The SMILES string of the molecule is OC(c1ccc(Cl)cc1)c1c(C2CC2)sc2cncn12. The number of thiazole rings is 1. The summed E-state index contributed by atoms with van der Waals surface area (Å²) < 4.78 is 2.01. The van der Waals surface area contributed by atoms with E-state index in [1.165, 1.54) is 17.7 Å². The van der Waals surface area contributed by atoms with Crippen molar-refractivity contribution in [3.05, 3.63) is 57.9 Å². The van der Waals surface area contributed by atoms with E-state index in [0.717, 1.165) is 16.1 Å². The van der Waals surface area contributed by atoms with Crippen molar-refractivity contribution >= 4 is 27.8 Å². The normalized spacial score (nSPS) is 16.7. The lowest BCUT2D eigenvalue weighted by molar-refractivity contribution is 0.213. The third-order valence-corrected chi connectivity index (χ3v) is 5.25. The highest BCUT2D eigenvalue weighted by molar-refractivity contribution is 7.17. The number of imidazole rings is 1. The van der Waals surface area contributed by atoms with Crippen LogP contribution in [0.4, 0.5) is 0 Å². The molecule has 3 nitrogen and oxygen atoms in total. The summed E-state index contributed by atoms with van der Waals surface area (Å²) in [6.07, 6.45) is 5.45. The van der Waals surface area contributed by atoms with Crippen LogP contribution in [0.3, 0.4) is 0 Å². The summed E-state index contributed by atoms with van der Waals surface area (Å²) >= 11 is 7.66. The Morgan fingerprint density at radius 2 is 2.05 bits per heavy atom.